The second-order valence-corrected chi connectivity index (χ2v) is 4.42. The van der Waals surface area contributed by atoms with Gasteiger partial charge in [-0.05, 0) is 19.3 Å². The second-order valence-electron chi connectivity index (χ2n) is 4.42. The van der Waals surface area contributed by atoms with Crippen molar-refractivity contribution in [2.24, 2.45) is 0 Å². The molecule has 1 N–H and O–H groups in total. The maximum absolute atomic E-state index is 13.9. The number of halogens is 4. The lowest BCUT2D eigenvalue weighted by atomic mass is 10.1. The molecule has 0 aliphatic heterocycles. The van der Waals surface area contributed by atoms with E-state index in [1.165, 1.54) is 0 Å². The first-order valence-corrected chi connectivity index (χ1v) is 5.93. The summed E-state index contributed by atoms with van der Waals surface area (Å²) < 4.78 is 53.1. The Morgan fingerprint density at radius 2 is 1.57 bits per heavy atom. The predicted molar refractivity (Wildman–Crippen MR) is 63.4 cm³/mol. The molecule has 0 atom stereocenters. The minimum absolute atomic E-state index is 0.0200. The van der Waals surface area contributed by atoms with E-state index in [4.69, 9.17) is 5.11 Å². The maximum atomic E-state index is 13.9. The van der Waals surface area contributed by atoms with Gasteiger partial charge in [-0.1, -0.05) is 4.48 Å². The van der Waals surface area contributed by atoms with Gasteiger partial charge in [0, 0.05) is 23.3 Å². The van der Waals surface area contributed by atoms with Crippen LogP contribution in [0.5, 0.6) is 0 Å². The summed E-state index contributed by atoms with van der Waals surface area (Å²) >= 11 is 0. The average molecular weight is 303 g/mol. The number of carboxylic acid groups (broad SMARTS) is 1. The standard InChI is InChI=1S/C13H9F4NO3/c14-8-4-10(16)11(5-9(8)15)18(17)12(19)6-2-1-3-7(6)13(20)21/h4-5H,1-3H2,(H,20,21). The lowest BCUT2D eigenvalue weighted by molar-refractivity contribution is -0.133. The van der Waals surface area contributed by atoms with Gasteiger partial charge in [0.15, 0.2) is 17.5 Å². The first-order valence-electron chi connectivity index (χ1n) is 5.93. The van der Waals surface area contributed by atoms with Crippen molar-refractivity contribution in [3.05, 3.63) is 40.7 Å². The topological polar surface area (TPSA) is 57.6 Å². The van der Waals surface area contributed by atoms with Crippen molar-refractivity contribution >= 4 is 17.6 Å². The lowest BCUT2D eigenvalue weighted by Gasteiger charge is -2.14. The highest BCUT2D eigenvalue weighted by atomic mass is 19.2. The molecule has 0 saturated heterocycles. The Kier molecular flexibility index (Phi) is 3.97. The van der Waals surface area contributed by atoms with Crippen molar-refractivity contribution in [3.8, 4) is 0 Å². The Hall–Kier alpha value is -2.38. The molecule has 0 radical (unpaired) electrons. The molecule has 1 aliphatic carbocycles. The van der Waals surface area contributed by atoms with Gasteiger partial charge in [-0.3, -0.25) is 4.79 Å². The second kappa shape index (κ2) is 5.55. The zero-order valence-corrected chi connectivity index (χ0v) is 10.5. The van der Waals surface area contributed by atoms with Crippen LogP contribution in [0.15, 0.2) is 23.3 Å². The predicted octanol–water partition coefficient (Wildman–Crippen LogP) is 2.89. The van der Waals surface area contributed by atoms with Gasteiger partial charge < -0.3 is 5.11 Å². The third-order valence-electron chi connectivity index (χ3n) is 3.11. The van der Waals surface area contributed by atoms with Gasteiger partial charge in [0.1, 0.15) is 5.69 Å². The Morgan fingerprint density at radius 1 is 1.00 bits per heavy atom. The van der Waals surface area contributed by atoms with Crippen LogP contribution >= 0.6 is 0 Å². The first kappa shape index (κ1) is 15.0. The number of nitrogens with zero attached hydrogens (tertiary/aromatic N) is 1. The Bertz CT molecular complexity index is 657. The largest absolute Gasteiger partial charge is 0.478 e. The fraction of sp³-hybridized carbons (Fsp3) is 0.231. The summed E-state index contributed by atoms with van der Waals surface area (Å²) in [4.78, 5) is 22.8. The number of anilines is 1. The molecule has 1 amide bonds. The van der Waals surface area contributed by atoms with Crippen molar-refractivity contribution in [3.63, 3.8) is 0 Å². The molecular formula is C13H9F4NO3. The molecule has 1 aromatic carbocycles. The van der Waals surface area contributed by atoms with E-state index in [0.29, 0.717) is 6.42 Å². The normalized spacial score (nSPS) is 14.5. The van der Waals surface area contributed by atoms with Crippen molar-refractivity contribution in [1.29, 1.82) is 0 Å². The number of hydrogen-bond acceptors (Lipinski definition) is 2. The summed E-state index contributed by atoms with van der Waals surface area (Å²) in [5.74, 6) is -7.28. The Morgan fingerprint density at radius 3 is 2.19 bits per heavy atom. The quantitative estimate of drug-likeness (QED) is 0.530. The molecule has 4 nitrogen and oxygen atoms in total. The van der Waals surface area contributed by atoms with Gasteiger partial charge >= 0.3 is 5.97 Å². The molecule has 0 bridgehead atoms. The van der Waals surface area contributed by atoms with Crippen LogP contribution in [0.3, 0.4) is 0 Å². The van der Waals surface area contributed by atoms with Gasteiger partial charge in [-0.2, -0.15) is 0 Å². The third-order valence-corrected chi connectivity index (χ3v) is 3.11. The molecule has 0 heterocycles. The number of carbonyl (C=O) groups is 2. The number of amides is 1. The van der Waals surface area contributed by atoms with E-state index in [-0.39, 0.29) is 36.1 Å². The average Bonchev–Trinajstić information content (AvgIpc) is 2.90. The van der Waals surface area contributed by atoms with Crippen LogP contribution in [0.2, 0.25) is 0 Å². The number of rotatable bonds is 3. The molecule has 21 heavy (non-hydrogen) atoms. The van der Waals surface area contributed by atoms with E-state index >= 15 is 0 Å². The van der Waals surface area contributed by atoms with Crippen LogP contribution in [0, 0.1) is 17.5 Å². The van der Waals surface area contributed by atoms with Gasteiger partial charge in [0.2, 0.25) is 0 Å². The van der Waals surface area contributed by atoms with E-state index in [2.05, 4.69) is 0 Å². The van der Waals surface area contributed by atoms with Crippen LogP contribution in [-0.4, -0.2) is 17.0 Å². The fourth-order valence-electron chi connectivity index (χ4n) is 2.11. The third kappa shape index (κ3) is 2.74. The molecule has 2 rings (SSSR count). The molecule has 0 unspecified atom stereocenters. The minimum atomic E-state index is -1.53. The molecule has 0 spiro atoms. The van der Waals surface area contributed by atoms with E-state index in [9.17, 15) is 27.2 Å². The van der Waals surface area contributed by atoms with Gasteiger partial charge in [0.05, 0.1) is 0 Å². The highest BCUT2D eigenvalue weighted by Gasteiger charge is 2.31. The lowest BCUT2D eigenvalue weighted by Crippen LogP contribution is -2.25. The van der Waals surface area contributed by atoms with Crippen LogP contribution in [0.4, 0.5) is 23.3 Å². The summed E-state index contributed by atoms with van der Waals surface area (Å²) in [5, 5.41) is 8.18. The SMILES string of the molecule is O=C(O)C1=C(C(=O)N(F)c2cc(F)c(F)cc2F)CCC1. The summed E-state index contributed by atoms with van der Waals surface area (Å²) in [6.45, 7) is 0. The molecule has 8 heteroatoms. The highest BCUT2D eigenvalue weighted by Crippen LogP contribution is 2.31. The summed E-state index contributed by atoms with van der Waals surface area (Å²) in [5.41, 5.74) is -1.68. The van der Waals surface area contributed by atoms with E-state index in [1.807, 2.05) is 0 Å². The zero-order valence-electron chi connectivity index (χ0n) is 10.5. The molecule has 1 aromatic rings. The molecule has 0 saturated carbocycles. The van der Waals surface area contributed by atoms with E-state index in [0.717, 1.165) is 0 Å². The molecule has 112 valence electrons. The Balaban J connectivity index is 2.38. The fourth-order valence-corrected chi connectivity index (χ4v) is 2.11. The smallest absolute Gasteiger partial charge is 0.332 e. The number of benzene rings is 1. The van der Waals surface area contributed by atoms with Crippen LogP contribution < -0.4 is 5.12 Å². The maximum Gasteiger partial charge on any atom is 0.332 e. The van der Waals surface area contributed by atoms with Crippen LogP contribution in [0.1, 0.15) is 19.3 Å². The van der Waals surface area contributed by atoms with Crippen LogP contribution in [0.25, 0.3) is 0 Å². The number of hydrogen-bond donors (Lipinski definition) is 1. The van der Waals surface area contributed by atoms with Gasteiger partial charge in [-0.25, -0.2) is 18.0 Å². The number of aliphatic carboxylic acids is 1. The van der Waals surface area contributed by atoms with Crippen molar-refractivity contribution in [2.45, 2.75) is 19.3 Å². The molecule has 1 aliphatic rings. The van der Waals surface area contributed by atoms with Crippen molar-refractivity contribution < 1.29 is 32.3 Å². The summed E-state index contributed by atoms with van der Waals surface area (Å²) in [6.07, 6.45) is 0.452. The Labute approximate surface area is 116 Å². The molecular weight excluding hydrogens is 294 g/mol. The highest BCUT2D eigenvalue weighted by molar-refractivity contribution is 6.09. The van der Waals surface area contributed by atoms with E-state index in [1.54, 1.807) is 0 Å². The monoisotopic (exact) mass is 303 g/mol. The first-order chi connectivity index (χ1) is 9.82. The summed E-state index contributed by atoms with van der Waals surface area (Å²) in [7, 11) is 0. The minimum Gasteiger partial charge on any atom is -0.478 e. The zero-order chi connectivity index (χ0) is 15.7. The van der Waals surface area contributed by atoms with Gasteiger partial charge in [0.25, 0.3) is 5.91 Å². The van der Waals surface area contributed by atoms with Crippen molar-refractivity contribution in [2.75, 3.05) is 5.12 Å². The summed E-state index contributed by atoms with van der Waals surface area (Å²) in [6, 6.07) is 0.296. The molecule has 0 fully saturated rings. The molecule has 0 aromatic heterocycles. The van der Waals surface area contributed by atoms with Crippen LogP contribution in [-0.2, 0) is 9.59 Å². The number of carboxylic acids is 1. The number of carbonyl (C=O) groups excluding carboxylic acids is 1. The van der Waals surface area contributed by atoms with E-state index < -0.39 is 40.1 Å². The van der Waals surface area contributed by atoms with Crippen molar-refractivity contribution in [1.82, 2.24) is 0 Å². The van der Waals surface area contributed by atoms with Gasteiger partial charge in [-0.15, -0.1) is 5.12 Å².